The van der Waals surface area contributed by atoms with Crippen LogP contribution in [-0.4, -0.2) is 33.4 Å². The van der Waals surface area contributed by atoms with E-state index in [1.807, 2.05) is 62.4 Å². The maximum atomic E-state index is 13.0. The van der Waals surface area contributed by atoms with Gasteiger partial charge in [0, 0.05) is 17.0 Å². The number of benzene rings is 2. The third-order valence-electron chi connectivity index (χ3n) is 5.74. The SMILES string of the molecule is COc1ccc(Cc2nnc(SCC(=O)c3cc(C)n(C(C)c4ccccc4)c3C)o2)cc1. The van der Waals surface area contributed by atoms with Gasteiger partial charge in [-0.05, 0) is 50.1 Å². The molecule has 7 heteroatoms. The molecular formula is C26H27N3O3S. The van der Waals surface area contributed by atoms with Crippen molar-refractivity contribution in [3.63, 3.8) is 0 Å². The van der Waals surface area contributed by atoms with Crippen LogP contribution in [0.3, 0.4) is 0 Å². The van der Waals surface area contributed by atoms with Crippen LogP contribution >= 0.6 is 11.8 Å². The van der Waals surface area contributed by atoms with E-state index in [1.165, 1.54) is 17.3 Å². The lowest BCUT2D eigenvalue weighted by Gasteiger charge is -2.19. The average Bonchev–Trinajstić information content (AvgIpc) is 3.41. The molecule has 2 aromatic carbocycles. The number of carbonyl (C=O) groups excluding carboxylic acids is 1. The highest BCUT2D eigenvalue weighted by Gasteiger charge is 2.20. The molecule has 1 unspecified atom stereocenters. The summed E-state index contributed by atoms with van der Waals surface area (Å²) in [7, 11) is 1.64. The minimum absolute atomic E-state index is 0.0505. The van der Waals surface area contributed by atoms with Gasteiger partial charge in [-0.3, -0.25) is 4.79 Å². The molecule has 0 radical (unpaired) electrons. The first kappa shape index (κ1) is 22.9. The van der Waals surface area contributed by atoms with Crippen LogP contribution in [0.15, 0.2) is 70.3 Å². The van der Waals surface area contributed by atoms with Crippen LogP contribution in [0.25, 0.3) is 0 Å². The van der Waals surface area contributed by atoms with Crippen LogP contribution in [-0.2, 0) is 6.42 Å². The van der Waals surface area contributed by atoms with Crippen molar-refractivity contribution in [2.24, 2.45) is 0 Å². The van der Waals surface area contributed by atoms with E-state index in [4.69, 9.17) is 9.15 Å². The lowest BCUT2D eigenvalue weighted by atomic mass is 10.1. The first-order valence-corrected chi connectivity index (χ1v) is 11.8. The van der Waals surface area contributed by atoms with E-state index in [1.54, 1.807) is 7.11 Å². The Morgan fingerprint density at radius 3 is 2.52 bits per heavy atom. The molecule has 2 aromatic heterocycles. The minimum atomic E-state index is 0.0505. The number of aryl methyl sites for hydroxylation is 1. The Morgan fingerprint density at radius 1 is 1.09 bits per heavy atom. The molecule has 0 saturated carbocycles. The smallest absolute Gasteiger partial charge is 0.277 e. The van der Waals surface area contributed by atoms with Crippen molar-refractivity contribution in [2.75, 3.05) is 12.9 Å². The van der Waals surface area contributed by atoms with Gasteiger partial charge in [-0.15, -0.1) is 10.2 Å². The normalized spacial score (nSPS) is 12.0. The second-order valence-electron chi connectivity index (χ2n) is 7.94. The monoisotopic (exact) mass is 461 g/mol. The summed E-state index contributed by atoms with van der Waals surface area (Å²) < 4.78 is 13.1. The molecule has 4 rings (SSSR count). The highest BCUT2D eigenvalue weighted by molar-refractivity contribution is 7.99. The molecule has 0 aliphatic rings. The molecule has 6 nitrogen and oxygen atoms in total. The number of rotatable bonds is 9. The Morgan fingerprint density at radius 2 is 1.82 bits per heavy atom. The molecule has 1 atom stereocenters. The summed E-state index contributed by atoms with van der Waals surface area (Å²) >= 11 is 1.27. The Hall–Kier alpha value is -3.32. The number of thioether (sulfide) groups is 1. The molecule has 33 heavy (non-hydrogen) atoms. The van der Waals surface area contributed by atoms with Crippen molar-refractivity contribution in [1.29, 1.82) is 0 Å². The molecule has 0 fully saturated rings. The molecule has 0 aliphatic carbocycles. The standard InChI is InChI=1S/C26H27N3O3S/c1-17-14-23(19(3)29(17)18(2)21-8-6-5-7-9-21)24(30)16-33-26-28-27-25(32-26)15-20-10-12-22(31-4)13-11-20/h5-14,18H,15-16H2,1-4H3. The van der Waals surface area contributed by atoms with Crippen LogP contribution in [0.5, 0.6) is 5.75 Å². The van der Waals surface area contributed by atoms with Crippen molar-refractivity contribution in [3.05, 3.63) is 94.6 Å². The summed E-state index contributed by atoms with van der Waals surface area (Å²) in [6.45, 7) is 6.20. The van der Waals surface area contributed by atoms with Crippen LogP contribution in [0, 0.1) is 13.8 Å². The zero-order valence-electron chi connectivity index (χ0n) is 19.2. The van der Waals surface area contributed by atoms with Gasteiger partial charge in [0.25, 0.3) is 5.22 Å². The van der Waals surface area contributed by atoms with Crippen LogP contribution in [0.1, 0.15) is 51.7 Å². The van der Waals surface area contributed by atoms with E-state index in [2.05, 4.69) is 33.8 Å². The molecule has 0 bridgehead atoms. The van der Waals surface area contributed by atoms with Crippen molar-refractivity contribution >= 4 is 17.5 Å². The number of hydrogen-bond acceptors (Lipinski definition) is 6. The van der Waals surface area contributed by atoms with Gasteiger partial charge in [-0.1, -0.05) is 54.2 Å². The van der Waals surface area contributed by atoms with Gasteiger partial charge >= 0.3 is 0 Å². The Bertz CT molecular complexity index is 1230. The maximum Gasteiger partial charge on any atom is 0.277 e. The second-order valence-corrected chi connectivity index (χ2v) is 8.87. The van der Waals surface area contributed by atoms with Crippen molar-refractivity contribution in [1.82, 2.24) is 14.8 Å². The second kappa shape index (κ2) is 10.1. The summed E-state index contributed by atoms with van der Waals surface area (Å²) in [4.78, 5) is 13.0. The van der Waals surface area contributed by atoms with Gasteiger partial charge in [0.15, 0.2) is 5.78 Å². The predicted octanol–water partition coefficient (Wildman–Crippen LogP) is 5.67. The zero-order valence-corrected chi connectivity index (χ0v) is 20.1. The Labute approximate surface area is 198 Å². The minimum Gasteiger partial charge on any atom is -0.497 e. The number of ether oxygens (including phenoxy) is 1. The molecule has 170 valence electrons. The summed E-state index contributed by atoms with van der Waals surface area (Å²) in [5.41, 5.74) is 5.03. The zero-order chi connectivity index (χ0) is 23.4. The predicted molar refractivity (Wildman–Crippen MR) is 129 cm³/mol. The number of nitrogens with zero attached hydrogens (tertiary/aromatic N) is 3. The molecule has 0 spiro atoms. The largest absolute Gasteiger partial charge is 0.497 e. The van der Waals surface area contributed by atoms with Crippen molar-refractivity contribution in [3.8, 4) is 5.75 Å². The number of aromatic nitrogens is 3. The van der Waals surface area contributed by atoms with E-state index < -0.39 is 0 Å². The number of hydrogen-bond donors (Lipinski definition) is 0. The molecule has 2 heterocycles. The third-order valence-corrected chi connectivity index (χ3v) is 6.56. The molecule has 0 amide bonds. The third kappa shape index (κ3) is 5.20. The molecule has 4 aromatic rings. The Balaban J connectivity index is 1.40. The fraction of sp³-hybridized carbons (Fsp3) is 0.269. The van der Waals surface area contributed by atoms with E-state index in [9.17, 15) is 4.79 Å². The Kier molecular flexibility index (Phi) is 6.99. The van der Waals surface area contributed by atoms with Gasteiger partial charge in [0.2, 0.25) is 5.89 Å². The van der Waals surface area contributed by atoms with Gasteiger partial charge < -0.3 is 13.7 Å². The number of methoxy groups -OCH3 is 1. The lowest BCUT2D eigenvalue weighted by Crippen LogP contribution is -2.11. The summed E-state index contributed by atoms with van der Waals surface area (Å²) in [6, 6.07) is 20.2. The van der Waals surface area contributed by atoms with Crippen LogP contribution < -0.4 is 4.74 Å². The molecule has 0 aliphatic heterocycles. The summed E-state index contributed by atoms with van der Waals surface area (Å²) in [6.07, 6.45) is 0.532. The van der Waals surface area contributed by atoms with Crippen LogP contribution in [0.4, 0.5) is 0 Å². The first-order chi connectivity index (χ1) is 16.0. The van der Waals surface area contributed by atoms with Crippen molar-refractivity contribution < 1.29 is 13.9 Å². The molecule has 0 saturated heterocycles. The fourth-order valence-electron chi connectivity index (χ4n) is 4.03. The topological polar surface area (TPSA) is 70.2 Å². The van der Waals surface area contributed by atoms with Gasteiger partial charge in [-0.25, -0.2) is 0 Å². The van der Waals surface area contributed by atoms with Crippen LogP contribution in [0.2, 0.25) is 0 Å². The first-order valence-electron chi connectivity index (χ1n) is 10.8. The van der Waals surface area contributed by atoms with Gasteiger partial charge in [0.1, 0.15) is 5.75 Å². The summed E-state index contributed by atoms with van der Waals surface area (Å²) in [5, 5.41) is 8.60. The van der Waals surface area contributed by atoms with E-state index >= 15 is 0 Å². The highest BCUT2D eigenvalue weighted by Crippen LogP contribution is 2.27. The lowest BCUT2D eigenvalue weighted by molar-refractivity contribution is 0.102. The van der Waals surface area contributed by atoms with E-state index in [0.717, 1.165) is 28.3 Å². The number of carbonyl (C=O) groups is 1. The number of ketones is 1. The van der Waals surface area contributed by atoms with Gasteiger partial charge in [-0.2, -0.15) is 0 Å². The highest BCUT2D eigenvalue weighted by atomic mass is 32.2. The average molecular weight is 462 g/mol. The molecular weight excluding hydrogens is 434 g/mol. The quantitative estimate of drug-likeness (QED) is 0.236. The number of Topliss-reactive ketones (excluding diaryl/α,β-unsaturated/α-hetero) is 1. The molecule has 0 N–H and O–H groups in total. The van der Waals surface area contributed by atoms with E-state index in [0.29, 0.717) is 17.5 Å². The van der Waals surface area contributed by atoms with Gasteiger partial charge in [0.05, 0.1) is 25.3 Å². The fourth-order valence-corrected chi connectivity index (χ4v) is 4.69. The summed E-state index contributed by atoms with van der Waals surface area (Å²) in [5.74, 6) is 1.62. The van der Waals surface area contributed by atoms with Crippen molar-refractivity contribution in [2.45, 2.75) is 38.5 Å². The maximum absolute atomic E-state index is 13.0. The van der Waals surface area contributed by atoms with E-state index in [-0.39, 0.29) is 17.6 Å².